The SMILES string of the molecule is NC(CO)c1cc(Br)cs1. The molecule has 0 fully saturated rings. The molecule has 4 heteroatoms. The molecular weight excluding hydrogens is 214 g/mol. The first kappa shape index (κ1) is 8.20. The fraction of sp³-hybridized carbons (Fsp3) is 0.333. The smallest absolute Gasteiger partial charge is 0.0632 e. The minimum Gasteiger partial charge on any atom is -0.394 e. The molecule has 0 aliphatic rings. The van der Waals surface area contributed by atoms with Crippen molar-refractivity contribution in [2.75, 3.05) is 6.61 Å². The topological polar surface area (TPSA) is 46.2 Å². The first-order chi connectivity index (χ1) is 4.74. The Balaban J connectivity index is 2.74. The molecule has 1 aromatic heterocycles. The molecule has 1 atom stereocenters. The monoisotopic (exact) mass is 221 g/mol. The van der Waals surface area contributed by atoms with Crippen LogP contribution in [0.5, 0.6) is 0 Å². The molecule has 3 N–H and O–H groups in total. The molecule has 0 radical (unpaired) electrons. The maximum absolute atomic E-state index is 8.66. The maximum atomic E-state index is 8.66. The quantitative estimate of drug-likeness (QED) is 0.796. The summed E-state index contributed by atoms with van der Waals surface area (Å²) in [5.41, 5.74) is 5.55. The van der Waals surface area contributed by atoms with E-state index in [1.54, 1.807) is 11.3 Å². The maximum Gasteiger partial charge on any atom is 0.0632 e. The van der Waals surface area contributed by atoms with Gasteiger partial charge in [0.25, 0.3) is 0 Å². The van der Waals surface area contributed by atoms with E-state index in [0.717, 1.165) is 9.35 Å². The van der Waals surface area contributed by atoms with Crippen molar-refractivity contribution in [3.63, 3.8) is 0 Å². The molecule has 0 aromatic carbocycles. The summed E-state index contributed by atoms with van der Waals surface area (Å²) in [7, 11) is 0. The van der Waals surface area contributed by atoms with Crippen LogP contribution in [0.2, 0.25) is 0 Å². The van der Waals surface area contributed by atoms with Gasteiger partial charge in [0, 0.05) is 14.7 Å². The summed E-state index contributed by atoms with van der Waals surface area (Å²) in [4.78, 5) is 1.01. The van der Waals surface area contributed by atoms with Gasteiger partial charge in [-0.15, -0.1) is 11.3 Å². The lowest BCUT2D eigenvalue weighted by molar-refractivity contribution is 0.269. The standard InChI is InChI=1S/C6H8BrNOS/c7-4-1-6(10-3-4)5(8)2-9/h1,3,5,9H,2,8H2. The van der Waals surface area contributed by atoms with Crippen molar-refractivity contribution in [3.05, 3.63) is 20.8 Å². The number of aliphatic hydroxyl groups excluding tert-OH is 1. The second-order valence-corrected chi connectivity index (χ2v) is 3.81. The Morgan fingerprint density at radius 2 is 2.50 bits per heavy atom. The third-order valence-electron chi connectivity index (χ3n) is 1.15. The number of hydrogen-bond donors (Lipinski definition) is 2. The molecule has 0 saturated heterocycles. The van der Waals surface area contributed by atoms with Gasteiger partial charge >= 0.3 is 0 Å². The van der Waals surface area contributed by atoms with Crippen molar-refractivity contribution in [3.8, 4) is 0 Å². The molecule has 1 heterocycles. The second kappa shape index (κ2) is 3.48. The van der Waals surface area contributed by atoms with E-state index < -0.39 is 0 Å². The Morgan fingerprint density at radius 3 is 2.90 bits per heavy atom. The Bertz CT molecular complexity index is 213. The largest absolute Gasteiger partial charge is 0.394 e. The summed E-state index contributed by atoms with van der Waals surface area (Å²) < 4.78 is 1.02. The molecular formula is C6H8BrNOS. The van der Waals surface area contributed by atoms with Crippen molar-refractivity contribution in [1.82, 2.24) is 0 Å². The summed E-state index contributed by atoms with van der Waals surface area (Å²) in [5, 5.41) is 10.6. The van der Waals surface area contributed by atoms with E-state index in [2.05, 4.69) is 15.9 Å². The zero-order chi connectivity index (χ0) is 7.56. The first-order valence-electron chi connectivity index (χ1n) is 2.84. The average molecular weight is 222 g/mol. The number of thiophene rings is 1. The molecule has 56 valence electrons. The van der Waals surface area contributed by atoms with E-state index in [1.165, 1.54) is 0 Å². The number of rotatable bonds is 2. The van der Waals surface area contributed by atoms with Crippen molar-refractivity contribution in [2.45, 2.75) is 6.04 Å². The third-order valence-corrected chi connectivity index (χ3v) is 2.98. The van der Waals surface area contributed by atoms with Crippen LogP contribution >= 0.6 is 27.3 Å². The minimum atomic E-state index is -0.226. The van der Waals surface area contributed by atoms with Crippen LogP contribution in [0.3, 0.4) is 0 Å². The van der Waals surface area contributed by atoms with Gasteiger partial charge in [0.15, 0.2) is 0 Å². The molecule has 10 heavy (non-hydrogen) atoms. The van der Waals surface area contributed by atoms with Crippen LogP contribution in [0.1, 0.15) is 10.9 Å². The van der Waals surface area contributed by atoms with Gasteiger partial charge in [-0.1, -0.05) is 0 Å². The average Bonchev–Trinajstić information content (AvgIpc) is 2.34. The molecule has 0 aliphatic carbocycles. The molecule has 2 nitrogen and oxygen atoms in total. The molecule has 0 bridgehead atoms. The molecule has 1 aromatic rings. The van der Waals surface area contributed by atoms with E-state index in [0.29, 0.717) is 0 Å². The highest BCUT2D eigenvalue weighted by Gasteiger charge is 2.05. The fourth-order valence-electron chi connectivity index (χ4n) is 0.613. The van der Waals surface area contributed by atoms with Gasteiger partial charge in [-0.05, 0) is 22.0 Å². The highest BCUT2D eigenvalue weighted by Crippen LogP contribution is 2.23. The summed E-state index contributed by atoms with van der Waals surface area (Å²) in [6, 6.07) is 1.70. The number of aliphatic hydroxyl groups is 1. The van der Waals surface area contributed by atoms with E-state index in [1.807, 2.05) is 11.4 Å². The van der Waals surface area contributed by atoms with Crippen LogP contribution in [0.25, 0.3) is 0 Å². The normalized spacial score (nSPS) is 13.5. The van der Waals surface area contributed by atoms with Gasteiger partial charge in [0.05, 0.1) is 12.6 Å². The van der Waals surface area contributed by atoms with E-state index >= 15 is 0 Å². The third kappa shape index (κ3) is 1.79. The van der Waals surface area contributed by atoms with Crippen LogP contribution < -0.4 is 5.73 Å². The van der Waals surface area contributed by atoms with Crippen molar-refractivity contribution in [2.24, 2.45) is 5.73 Å². The van der Waals surface area contributed by atoms with Gasteiger partial charge < -0.3 is 10.8 Å². The van der Waals surface area contributed by atoms with Crippen LogP contribution in [0.15, 0.2) is 15.9 Å². The molecule has 0 amide bonds. The Hall–Kier alpha value is 0.1000. The fourth-order valence-corrected chi connectivity index (χ4v) is 2.05. The Morgan fingerprint density at radius 1 is 1.80 bits per heavy atom. The van der Waals surface area contributed by atoms with E-state index in [9.17, 15) is 0 Å². The van der Waals surface area contributed by atoms with Crippen molar-refractivity contribution >= 4 is 27.3 Å². The summed E-state index contributed by atoms with van der Waals surface area (Å²) in [6.07, 6.45) is 0. The highest BCUT2D eigenvalue weighted by atomic mass is 79.9. The van der Waals surface area contributed by atoms with Gasteiger partial charge in [-0.2, -0.15) is 0 Å². The molecule has 1 unspecified atom stereocenters. The summed E-state index contributed by atoms with van der Waals surface area (Å²) in [6.45, 7) is 0.00690. The zero-order valence-corrected chi connectivity index (χ0v) is 7.65. The molecule has 1 rings (SSSR count). The van der Waals surface area contributed by atoms with Crippen molar-refractivity contribution < 1.29 is 5.11 Å². The summed E-state index contributed by atoms with van der Waals surface area (Å²) in [5.74, 6) is 0. The predicted octanol–water partition coefficient (Wildman–Crippen LogP) is 1.50. The lowest BCUT2D eigenvalue weighted by Gasteiger charge is -2.02. The van der Waals surface area contributed by atoms with Crippen LogP contribution in [-0.4, -0.2) is 11.7 Å². The van der Waals surface area contributed by atoms with Gasteiger partial charge in [0.2, 0.25) is 0 Å². The van der Waals surface area contributed by atoms with Crippen LogP contribution in [0.4, 0.5) is 0 Å². The number of nitrogens with two attached hydrogens (primary N) is 1. The van der Waals surface area contributed by atoms with E-state index in [-0.39, 0.29) is 12.6 Å². The van der Waals surface area contributed by atoms with Gasteiger partial charge in [-0.25, -0.2) is 0 Å². The van der Waals surface area contributed by atoms with Gasteiger partial charge in [0.1, 0.15) is 0 Å². The minimum absolute atomic E-state index is 0.00690. The lowest BCUT2D eigenvalue weighted by Crippen LogP contribution is -2.12. The Kier molecular flexibility index (Phi) is 2.85. The van der Waals surface area contributed by atoms with E-state index in [4.69, 9.17) is 10.8 Å². The molecule has 0 saturated carbocycles. The lowest BCUT2D eigenvalue weighted by atomic mass is 10.3. The second-order valence-electron chi connectivity index (χ2n) is 1.96. The molecule has 0 aliphatic heterocycles. The number of hydrogen-bond acceptors (Lipinski definition) is 3. The predicted molar refractivity (Wildman–Crippen MR) is 46.0 cm³/mol. The van der Waals surface area contributed by atoms with Crippen LogP contribution in [0, 0.1) is 0 Å². The first-order valence-corrected chi connectivity index (χ1v) is 4.51. The highest BCUT2D eigenvalue weighted by molar-refractivity contribution is 9.10. The Labute approximate surface area is 71.8 Å². The zero-order valence-electron chi connectivity index (χ0n) is 5.25. The number of halogens is 1. The summed E-state index contributed by atoms with van der Waals surface area (Å²) >= 11 is 4.85. The van der Waals surface area contributed by atoms with Crippen molar-refractivity contribution in [1.29, 1.82) is 0 Å². The van der Waals surface area contributed by atoms with Gasteiger partial charge in [-0.3, -0.25) is 0 Å². The van der Waals surface area contributed by atoms with Crippen LogP contribution in [-0.2, 0) is 0 Å². The molecule has 0 spiro atoms.